The lowest BCUT2D eigenvalue weighted by atomic mass is 10.00. The number of aliphatic imine (C=N–C) groups is 1. The van der Waals surface area contributed by atoms with Gasteiger partial charge in [0, 0.05) is 22.4 Å². The summed E-state index contributed by atoms with van der Waals surface area (Å²) in [7, 11) is 0. The van der Waals surface area contributed by atoms with Crippen LogP contribution in [-0.4, -0.2) is 11.3 Å². The molecule has 1 N–H and O–H groups in total. The summed E-state index contributed by atoms with van der Waals surface area (Å²) in [6.45, 7) is 0. The van der Waals surface area contributed by atoms with E-state index < -0.39 is 0 Å². The van der Waals surface area contributed by atoms with Crippen LogP contribution in [0.4, 0.5) is 5.69 Å². The highest BCUT2D eigenvalue weighted by atomic mass is 35.5. The molecule has 4 heteroatoms. The molecule has 0 fully saturated rings. The van der Waals surface area contributed by atoms with Crippen LogP contribution in [0.2, 0.25) is 10.0 Å². The molecule has 0 heterocycles. The maximum Gasteiger partial charge on any atom is 0.115 e. The first-order valence-electron chi connectivity index (χ1n) is 7.01. The van der Waals surface area contributed by atoms with E-state index in [2.05, 4.69) is 4.99 Å². The fraction of sp³-hybridized carbons (Fsp3) is 0. The second-order valence-electron chi connectivity index (χ2n) is 4.99. The lowest BCUT2D eigenvalue weighted by molar-refractivity contribution is 0.475. The van der Waals surface area contributed by atoms with E-state index in [1.54, 1.807) is 24.4 Å². The highest BCUT2D eigenvalue weighted by Gasteiger charge is 2.10. The number of hydrogen-bond donors (Lipinski definition) is 1. The summed E-state index contributed by atoms with van der Waals surface area (Å²) in [5.74, 6) is 0.207. The minimum absolute atomic E-state index is 0.207. The van der Waals surface area contributed by atoms with Gasteiger partial charge in [-0.25, -0.2) is 0 Å². The predicted molar refractivity (Wildman–Crippen MR) is 97.3 cm³/mol. The molecule has 0 aromatic heterocycles. The van der Waals surface area contributed by atoms with Crippen molar-refractivity contribution >= 4 is 35.1 Å². The zero-order valence-electron chi connectivity index (χ0n) is 12.1. The number of rotatable bonds is 3. The Labute approximate surface area is 144 Å². The molecule has 3 aromatic rings. The van der Waals surface area contributed by atoms with Crippen molar-refractivity contribution in [2.45, 2.75) is 0 Å². The van der Waals surface area contributed by atoms with Gasteiger partial charge in [0.2, 0.25) is 0 Å². The van der Waals surface area contributed by atoms with Crippen molar-refractivity contribution in [3.8, 4) is 16.9 Å². The van der Waals surface area contributed by atoms with Crippen LogP contribution in [0.3, 0.4) is 0 Å². The highest BCUT2D eigenvalue weighted by Crippen LogP contribution is 2.34. The van der Waals surface area contributed by atoms with Crippen LogP contribution in [0.5, 0.6) is 5.75 Å². The molecule has 114 valence electrons. The molecule has 0 saturated heterocycles. The average Bonchev–Trinajstić information content (AvgIpc) is 2.55. The van der Waals surface area contributed by atoms with Crippen molar-refractivity contribution in [2.24, 2.45) is 4.99 Å². The van der Waals surface area contributed by atoms with Crippen LogP contribution in [0, 0.1) is 0 Å². The zero-order valence-corrected chi connectivity index (χ0v) is 13.6. The van der Waals surface area contributed by atoms with Gasteiger partial charge in [0.1, 0.15) is 5.75 Å². The number of benzene rings is 3. The molecule has 0 saturated carbocycles. The SMILES string of the molecule is Oc1ccc(-c2c(Cl)cc(Cl)cc2C=Nc2ccccc2)cc1. The Kier molecular flexibility index (Phi) is 4.65. The molecule has 0 aliphatic carbocycles. The van der Waals surface area contributed by atoms with E-state index in [1.807, 2.05) is 48.5 Å². The van der Waals surface area contributed by atoms with E-state index >= 15 is 0 Å². The Balaban J connectivity index is 2.08. The summed E-state index contributed by atoms with van der Waals surface area (Å²) < 4.78 is 0. The van der Waals surface area contributed by atoms with E-state index in [9.17, 15) is 5.11 Å². The number of para-hydroxylation sites is 1. The molecule has 0 spiro atoms. The molecule has 0 radical (unpaired) electrons. The molecule has 2 nitrogen and oxygen atoms in total. The third-order valence-corrected chi connectivity index (χ3v) is 3.87. The first-order chi connectivity index (χ1) is 11.1. The van der Waals surface area contributed by atoms with Crippen LogP contribution in [0.15, 0.2) is 71.7 Å². The van der Waals surface area contributed by atoms with Crippen LogP contribution in [0.1, 0.15) is 5.56 Å². The number of phenols is 1. The number of aromatic hydroxyl groups is 1. The first kappa shape index (κ1) is 15.6. The normalized spacial score (nSPS) is 11.0. The summed E-state index contributed by atoms with van der Waals surface area (Å²) in [5.41, 5.74) is 3.38. The Morgan fingerprint density at radius 1 is 0.870 bits per heavy atom. The Bertz CT molecular complexity index is 843. The number of halogens is 2. The summed E-state index contributed by atoms with van der Waals surface area (Å²) in [6, 6.07) is 20.0. The van der Waals surface area contributed by atoms with Crippen molar-refractivity contribution in [3.63, 3.8) is 0 Å². The van der Waals surface area contributed by atoms with E-state index in [-0.39, 0.29) is 5.75 Å². The number of phenolic OH excluding ortho intramolecular Hbond substituents is 1. The van der Waals surface area contributed by atoms with E-state index in [4.69, 9.17) is 23.2 Å². The minimum atomic E-state index is 0.207. The second kappa shape index (κ2) is 6.86. The molecule has 0 atom stereocenters. The van der Waals surface area contributed by atoms with Crippen molar-refractivity contribution < 1.29 is 5.11 Å². The average molecular weight is 342 g/mol. The Hall–Kier alpha value is -2.29. The van der Waals surface area contributed by atoms with E-state index in [0.29, 0.717) is 10.0 Å². The molecular formula is C19H13Cl2NO. The fourth-order valence-electron chi connectivity index (χ4n) is 2.29. The summed E-state index contributed by atoms with van der Waals surface area (Å²) in [6.07, 6.45) is 1.75. The van der Waals surface area contributed by atoms with Crippen LogP contribution in [0.25, 0.3) is 11.1 Å². The van der Waals surface area contributed by atoms with Crippen molar-refractivity contribution in [2.75, 3.05) is 0 Å². The molecule has 0 aliphatic heterocycles. The van der Waals surface area contributed by atoms with Crippen LogP contribution < -0.4 is 0 Å². The third-order valence-electron chi connectivity index (χ3n) is 3.35. The maximum absolute atomic E-state index is 9.46. The molecule has 23 heavy (non-hydrogen) atoms. The van der Waals surface area contributed by atoms with Gasteiger partial charge in [0.05, 0.1) is 10.7 Å². The Morgan fingerprint density at radius 3 is 2.26 bits per heavy atom. The molecule has 3 aromatic carbocycles. The highest BCUT2D eigenvalue weighted by molar-refractivity contribution is 6.37. The molecule has 0 bridgehead atoms. The first-order valence-corrected chi connectivity index (χ1v) is 7.76. The molecule has 3 rings (SSSR count). The van der Waals surface area contributed by atoms with Gasteiger partial charge < -0.3 is 5.11 Å². The standard InChI is InChI=1S/C19H13Cl2NO/c20-15-10-14(12-22-16-4-2-1-3-5-16)19(18(21)11-15)13-6-8-17(23)9-7-13/h1-12,23H. The van der Waals surface area contributed by atoms with Gasteiger partial charge >= 0.3 is 0 Å². The summed E-state index contributed by atoms with van der Waals surface area (Å²) in [5, 5.41) is 10.5. The van der Waals surface area contributed by atoms with Gasteiger partial charge in [0.25, 0.3) is 0 Å². The third kappa shape index (κ3) is 3.73. The quantitative estimate of drug-likeness (QED) is 0.572. The summed E-state index contributed by atoms with van der Waals surface area (Å²) in [4.78, 5) is 4.47. The lowest BCUT2D eigenvalue weighted by Crippen LogP contribution is -1.90. The summed E-state index contributed by atoms with van der Waals surface area (Å²) >= 11 is 12.5. The largest absolute Gasteiger partial charge is 0.508 e. The minimum Gasteiger partial charge on any atom is -0.508 e. The monoisotopic (exact) mass is 341 g/mol. The molecule has 0 aliphatic rings. The van der Waals surface area contributed by atoms with Crippen molar-refractivity contribution in [1.29, 1.82) is 0 Å². The topological polar surface area (TPSA) is 32.6 Å². The Morgan fingerprint density at radius 2 is 1.57 bits per heavy atom. The molecule has 0 unspecified atom stereocenters. The van der Waals surface area contributed by atoms with Gasteiger partial charge in [-0.3, -0.25) is 4.99 Å². The zero-order chi connectivity index (χ0) is 16.2. The number of hydrogen-bond acceptors (Lipinski definition) is 2. The van der Waals surface area contributed by atoms with E-state index in [1.165, 1.54) is 0 Å². The van der Waals surface area contributed by atoms with Gasteiger partial charge in [-0.2, -0.15) is 0 Å². The van der Waals surface area contributed by atoms with Crippen molar-refractivity contribution in [3.05, 3.63) is 82.3 Å². The lowest BCUT2D eigenvalue weighted by Gasteiger charge is -2.10. The molecular weight excluding hydrogens is 329 g/mol. The van der Waals surface area contributed by atoms with E-state index in [0.717, 1.165) is 22.4 Å². The van der Waals surface area contributed by atoms with Crippen LogP contribution >= 0.6 is 23.2 Å². The maximum atomic E-state index is 9.46. The number of nitrogens with zero attached hydrogens (tertiary/aromatic N) is 1. The predicted octanol–water partition coefficient (Wildman–Crippen LogP) is 6.12. The van der Waals surface area contributed by atoms with Gasteiger partial charge in [0.15, 0.2) is 0 Å². The molecule has 0 amide bonds. The van der Waals surface area contributed by atoms with Gasteiger partial charge in [-0.15, -0.1) is 0 Å². The fourth-order valence-corrected chi connectivity index (χ4v) is 2.90. The van der Waals surface area contributed by atoms with Crippen molar-refractivity contribution in [1.82, 2.24) is 0 Å². The van der Waals surface area contributed by atoms with Gasteiger partial charge in [-0.05, 0) is 42.0 Å². The second-order valence-corrected chi connectivity index (χ2v) is 5.84. The van der Waals surface area contributed by atoms with Crippen LogP contribution in [-0.2, 0) is 0 Å². The van der Waals surface area contributed by atoms with Gasteiger partial charge in [-0.1, -0.05) is 53.5 Å². The smallest absolute Gasteiger partial charge is 0.115 e.